The fraction of sp³-hybridized carbons (Fsp3) is 0.265. The van der Waals surface area contributed by atoms with E-state index >= 15 is 0 Å². The Balaban J connectivity index is 1.74. The van der Waals surface area contributed by atoms with E-state index in [2.05, 4.69) is 4.72 Å². The third-order valence-electron chi connectivity index (χ3n) is 7.65. The number of carboxylic acid groups (broad SMARTS) is 1. The maximum Gasteiger partial charge on any atom is 0.337 e. The van der Waals surface area contributed by atoms with Crippen LogP contribution >= 0.6 is 0 Å². The molecule has 2 N–H and O–H groups in total. The third-order valence-corrected chi connectivity index (χ3v) is 8.26. The van der Waals surface area contributed by atoms with Crippen molar-refractivity contribution in [3.05, 3.63) is 93.9 Å². The van der Waals surface area contributed by atoms with Gasteiger partial charge in [0.25, 0.3) is 5.56 Å². The maximum absolute atomic E-state index is 13.5. The highest BCUT2D eigenvalue weighted by Gasteiger charge is 2.33. The number of benzene rings is 3. The van der Waals surface area contributed by atoms with Crippen LogP contribution in [-0.2, 0) is 26.0 Å². The van der Waals surface area contributed by atoms with Gasteiger partial charge >= 0.3 is 5.97 Å². The van der Waals surface area contributed by atoms with Gasteiger partial charge in [-0.1, -0.05) is 6.07 Å². The molecule has 5 aromatic rings. The minimum atomic E-state index is -3.57. The summed E-state index contributed by atoms with van der Waals surface area (Å²) < 4.78 is 40.0. The lowest BCUT2D eigenvalue weighted by Gasteiger charge is -2.29. The second-order valence-corrected chi connectivity index (χ2v) is 13.9. The van der Waals surface area contributed by atoms with Crippen LogP contribution in [0.3, 0.4) is 0 Å². The normalized spacial score (nSPS) is 13.9. The van der Waals surface area contributed by atoms with E-state index in [1.54, 1.807) is 70.3 Å². The van der Waals surface area contributed by atoms with Gasteiger partial charge in [0.1, 0.15) is 5.75 Å². The largest absolute Gasteiger partial charge is 0.493 e. The van der Waals surface area contributed by atoms with Gasteiger partial charge in [0, 0.05) is 40.6 Å². The molecule has 0 amide bonds. The van der Waals surface area contributed by atoms with Crippen LogP contribution in [0.25, 0.3) is 38.6 Å². The summed E-state index contributed by atoms with van der Waals surface area (Å²) in [5.74, 6) is -0.449. The molecule has 11 heteroatoms. The number of nitrogens with one attached hydrogen (secondary N) is 1. The minimum Gasteiger partial charge on any atom is -0.493 e. The second kappa shape index (κ2) is 11.0. The highest BCUT2D eigenvalue weighted by Crippen LogP contribution is 2.45. The minimum absolute atomic E-state index is 0.296. The van der Waals surface area contributed by atoms with Crippen LogP contribution in [0.5, 0.6) is 5.75 Å². The fourth-order valence-electron chi connectivity index (χ4n) is 6.04. The van der Waals surface area contributed by atoms with E-state index in [-0.39, 0.29) is 5.56 Å². The number of fused-ring (bicyclic) bond motifs is 1. The molecule has 1 atom stereocenters. The van der Waals surface area contributed by atoms with Gasteiger partial charge in [-0.15, -0.1) is 0 Å². The van der Waals surface area contributed by atoms with E-state index < -0.39 is 27.7 Å². The average Bonchev–Trinajstić information content (AvgIpc) is 2.95. The quantitative estimate of drug-likeness (QED) is 0.232. The number of hydrogen-bond donors (Lipinski definition) is 2. The zero-order chi connectivity index (χ0) is 32.3. The van der Waals surface area contributed by atoms with Gasteiger partial charge in [-0.25, -0.2) is 13.2 Å². The van der Waals surface area contributed by atoms with Gasteiger partial charge in [-0.2, -0.15) is 0 Å². The standard InChI is InChI=1S/C34H33N3O7S/c1-19-17-25-23(10-12-27(38)37(25)22-8-6-7-21(18-22)36-45(5,41)42)30(28(19)32(33(39)40)44-34(2,3)4)24-9-11-26-29-20(14-16-43-26)13-15-35-31(24)29/h6-13,15,17-18,32,36H,14,16H2,1-5H3,(H,39,40). The molecule has 0 saturated carbocycles. The summed E-state index contributed by atoms with van der Waals surface area (Å²) in [4.78, 5) is 31.2. The van der Waals surface area contributed by atoms with Crippen LogP contribution in [0.1, 0.15) is 43.6 Å². The number of pyridine rings is 2. The van der Waals surface area contributed by atoms with Gasteiger partial charge in [0.15, 0.2) is 6.10 Å². The Kier molecular flexibility index (Phi) is 7.41. The molecule has 0 bridgehead atoms. The van der Waals surface area contributed by atoms with Gasteiger partial charge in [0.05, 0.1) is 40.9 Å². The number of sulfonamides is 1. The number of nitrogens with zero attached hydrogens (tertiary/aromatic N) is 2. The number of ether oxygens (including phenoxy) is 2. The van der Waals surface area contributed by atoms with E-state index in [4.69, 9.17) is 14.5 Å². The topological polar surface area (TPSA) is 137 Å². The second-order valence-electron chi connectivity index (χ2n) is 12.2. The number of aryl methyl sites for hydroxylation is 1. The highest BCUT2D eigenvalue weighted by atomic mass is 32.2. The molecule has 10 nitrogen and oxygen atoms in total. The molecular weight excluding hydrogens is 594 g/mol. The first-order chi connectivity index (χ1) is 21.2. The SMILES string of the molecule is Cc1cc2c(ccc(=O)n2-c2cccc(NS(C)(=O)=O)c2)c(-c2ccc3c4c(ccnc24)CCO3)c1C(OC(C)(C)C)C(=O)O. The number of hydrogen-bond acceptors (Lipinski definition) is 7. The van der Waals surface area contributed by atoms with Gasteiger partial charge < -0.3 is 14.6 Å². The molecular formula is C34H33N3O7S. The van der Waals surface area contributed by atoms with Gasteiger partial charge in [-0.3, -0.25) is 19.1 Å². The molecule has 232 valence electrons. The molecule has 3 aromatic carbocycles. The van der Waals surface area contributed by atoms with Crippen molar-refractivity contribution >= 4 is 43.5 Å². The van der Waals surface area contributed by atoms with Crippen LogP contribution in [0.2, 0.25) is 0 Å². The molecule has 1 unspecified atom stereocenters. The Bertz CT molecular complexity index is 2170. The molecule has 3 heterocycles. The van der Waals surface area contributed by atoms with E-state index in [1.165, 1.54) is 10.6 Å². The molecule has 45 heavy (non-hydrogen) atoms. The first-order valence-electron chi connectivity index (χ1n) is 14.4. The number of carbonyl (C=O) groups is 1. The number of aromatic nitrogens is 2. The zero-order valence-corrected chi connectivity index (χ0v) is 26.4. The number of carboxylic acids is 1. The summed E-state index contributed by atoms with van der Waals surface area (Å²) in [6.07, 6.45) is 2.16. The van der Waals surface area contributed by atoms with Crippen molar-refractivity contribution < 1.29 is 27.8 Å². The Morgan fingerprint density at radius 3 is 2.60 bits per heavy atom. The number of anilines is 1. The Morgan fingerprint density at radius 1 is 1.11 bits per heavy atom. The molecule has 0 radical (unpaired) electrons. The van der Waals surface area contributed by atoms with Crippen molar-refractivity contribution in [3.63, 3.8) is 0 Å². The van der Waals surface area contributed by atoms with Gasteiger partial charge in [0.2, 0.25) is 10.0 Å². The molecule has 1 aliphatic rings. The molecule has 6 rings (SSSR count). The summed E-state index contributed by atoms with van der Waals surface area (Å²) in [5.41, 5.74) is 4.11. The third kappa shape index (κ3) is 5.76. The summed E-state index contributed by atoms with van der Waals surface area (Å²) in [6, 6.07) is 17.1. The van der Waals surface area contributed by atoms with Crippen LogP contribution in [-0.4, -0.2) is 47.5 Å². The number of rotatable bonds is 7. The molecule has 1 aliphatic heterocycles. The molecule has 0 fully saturated rings. The Hall–Kier alpha value is -4.74. The van der Waals surface area contributed by atoms with E-state index in [0.717, 1.165) is 17.2 Å². The maximum atomic E-state index is 13.5. The summed E-state index contributed by atoms with van der Waals surface area (Å²) in [5, 5.41) is 12.0. The molecule has 2 aromatic heterocycles. The fourth-order valence-corrected chi connectivity index (χ4v) is 6.59. The van der Waals surface area contributed by atoms with Crippen molar-refractivity contribution in [3.8, 4) is 22.6 Å². The van der Waals surface area contributed by atoms with Crippen LogP contribution < -0.4 is 15.0 Å². The van der Waals surface area contributed by atoms with Crippen molar-refractivity contribution in [2.45, 2.75) is 45.8 Å². The van der Waals surface area contributed by atoms with E-state index in [9.17, 15) is 23.1 Å². The van der Waals surface area contributed by atoms with Crippen molar-refractivity contribution in [2.24, 2.45) is 0 Å². The summed E-state index contributed by atoms with van der Waals surface area (Å²) >= 11 is 0. The highest BCUT2D eigenvalue weighted by molar-refractivity contribution is 7.92. The predicted molar refractivity (Wildman–Crippen MR) is 174 cm³/mol. The first-order valence-corrected chi connectivity index (χ1v) is 16.3. The van der Waals surface area contributed by atoms with Crippen LogP contribution in [0, 0.1) is 6.92 Å². The van der Waals surface area contributed by atoms with Crippen molar-refractivity contribution in [1.82, 2.24) is 9.55 Å². The average molecular weight is 628 g/mol. The van der Waals surface area contributed by atoms with Gasteiger partial charge in [-0.05, 0) is 92.9 Å². The number of aliphatic carboxylic acids is 1. The molecule has 0 aliphatic carbocycles. The lowest BCUT2D eigenvalue weighted by Crippen LogP contribution is -2.28. The Labute approximate surface area is 260 Å². The first kappa shape index (κ1) is 30.3. The van der Waals surface area contributed by atoms with E-state index in [1.807, 2.05) is 18.2 Å². The Morgan fingerprint density at radius 2 is 1.89 bits per heavy atom. The lowest BCUT2D eigenvalue weighted by molar-refractivity contribution is -0.160. The van der Waals surface area contributed by atoms with Crippen LogP contribution in [0.15, 0.2) is 71.7 Å². The molecule has 0 spiro atoms. The summed E-state index contributed by atoms with van der Waals surface area (Å²) in [7, 11) is -3.57. The lowest BCUT2D eigenvalue weighted by atomic mass is 9.86. The van der Waals surface area contributed by atoms with Crippen molar-refractivity contribution in [2.75, 3.05) is 17.6 Å². The monoisotopic (exact) mass is 627 g/mol. The molecule has 0 saturated heterocycles. The van der Waals surface area contributed by atoms with E-state index in [0.29, 0.717) is 68.8 Å². The zero-order valence-electron chi connectivity index (χ0n) is 25.5. The van der Waals surface area contributed by atoms with Crippen molar-refractivity contribution in [1.29, 1.82) is 0 Å². The summed E-state index contributed by atoms with van der Waals surface area (Å²) in [6.45, 7) is 7.75. The predicted octanol–water partition coefficient (Wildman–Crippen LogP) is 5.76. The smallest absolute Gasteiger partial charge is 0.337 e. The van der Waals surface area contributed by atoms with Crippen LogP contribution in [0.4, 0.5) is 5.69 Å².